The van der Waals surface area contributed by atoms with Gasteiger partial charge in [0.25, 0.3) is 0 Å². The van der Waals surface area contributed by atoms with Crippen LogP contribution in [0.4, 0.5) is 4.39 Å². The minimum atomic E-state index is -0.185. The Kier molecular flexibility index (Phi) is 4.61. The SMILES string of the molecule is CNCc1cc(F)ccc1Sc1cc(C)ccc1C. The maximum atomic E-state index is 13.3. The Bertz CT molecular complexity index is 581. The first-order chi connectivity index (χ1) is 9.10. The third-order valence-corrected chi connectivity index (χ3v) is 4.23. The maximum Gasteiger partial charge on any atom is 0.123 e. The molecule has 2 rings (SSSR count). The first kappa shape index (κ1) is 14.1. The zero-order valence-electron chi connectivity index (χ0n) is 11.5. The standard InChI is InChI=1S/C16H18FNS/c1-11-4-5-12(2)16(8-11)19-15-7-6-14(17)9-13(15)10-18-3/h4-9,18H,10H2,1-3H3. The fourth-order valence-electron chi connectivity index (χ4n) is 1.91. The second-order valence-corrected chi connectivity index (χ2v) is 5.74. The number of rotatable bonds is 4. The van der Waals surface area contributed by atoms with E-state index in [9.17, 15) is 4.39 Å². The summed E-state index contributed by atoms with van der Waals surface area (Å²) < 4.78 is 13.3. The summed E-state index contributed by atoms with van der Waals surface area (Å²) >= 11 is 1.70. The lowest BCUT2D eigenvalue weighted by atomic mass is 10.2. The van der Waals surface area contributed by atoms with Crippen molar-refractivity contribution in [3.8, 4) is 0 Å². The molecule has 100 valence electrons. The molecule has 0 fully saturated rings. The first-order valence-corrected chi connectivity index (χ1v) is 7.10. The van der Waals surface area contributed by atoms with Crippen LogP contribution in [0.5, 0.6) is 0 Å². The Morgan fingerprint density at radius 1 is 1.05 bits per heavy atom. The van der Waals surface area contributed by atoms with Crippen molar-refractivity contribution in [3.63, 3.8) is 0 Å². The van der Waals surface area contributed by atoms with E-state index in [1.165, 1.54) is 22.1 Å². The maximum absolute atomic E-state index is 13.3. The molecule has 0 atom stereocenters. The van der Waals surface area contributed by atoms with Crippen LogP contribution in [0.1, 0.15) is 16.7 Å². The Hall–Kier alpha value is -1.32. The summed E-state index contributed by atoms with van der Waals surface area (Å²) in [6.45, 7) is 4.86. The van der Waals surface area contributed by atoms with Gasteiger partial charge in [0, 0.05) is 16.3 Å². The molecule has 0 aliphatic carbocycles. The highest BCUT2D eigenvalue weighted by Gasteiger charge is 2.07. The average molecular weight is 275 g/mol. The van der Waals surface area contributed by atoms with Crippen molar-refractivity contribution in [2.75, 3.05) is 7.05 Å². The monoisotopic (exact) mass is 275 g/mol. The second-order valence-electron chi connectivity index (χ2n) is 4.65. The molecule has 0 radical (unpaired) electrons. The number of aryl methyl sites for hydroxylation is 2. The minimum Gasteiger partial charge on any atom is -0.316 e. The summed E-state index contributed by atoms with van der Waals surface area (Å²) in [5.41, 5.74) is 3.48. The quantitative estimate of drug-likeness (QED) is 0.892. The van der Waals surface area contributed by atoms with Crippen LogP contribution in [0, 0.1) is 19.7 Å². The highest BCUT2D eigenvalue weighted by Crippen LogP contribution is 2.33. The fourth-order valence-corrected chi connectivity index (χ4v) is 3.02. The molecule has 0 aliphatic heterocycles. The smallest absolute Gasteiger partial charge is 0.123 e. The van der Waals surface area contributed by atoms with Gasteiger partial charge in [-0.3, -0.25) is 0 Å². The first-order valence-electron chi connectivity index (χ1n) is 6.28. The lowest BCUT2D eigenvalue weighted by Crippen LogP contribution is -2.06. The van der Waals surface area contributed by atoms with E-state index in [0.717, 1.165) is 10.5 Å². The zero-order chi connectivity index (χ0) is 13.8. The highest BCUT2D eigenvalue weighted by molar-refractivity contribution is 7.99. The van der Waals surface area contributed by atoms with Crippen LogP contribution in [-0.2, 0) is 6.54 Å². The summed E-state index contributed by atoms with van der Waals surface area (Å²) in [6, 6.07) is 11.4. The molecule has 0 unspecified atom stereocenters. The predicted molar refractivity (Wildman–Crippen MR) is 79.2 cm³/mol. The van der Waals surface area contributed by atoms with Gasteiger partial charge in [-0.05, 0) is 61.9 Å². The summed E-state index contributed by atoms with van der Waals surface area (Å²) in [7, 11) is 1.87. The summed E-state index contributed by atoms with van der Waals surface area (Å²) in [4.78, 5) is 2.33. The van der Waals surface area contributed by atoms with Gasteiger partial charge >= 0.3 is 0 Å². The molecule has 1 nitrogen and oxygen atoms in total. The van der Waals surface area contributed by atoms with Crippen LogP contribution in [0.2, 0.25) is 0 Å². The van der Waals surface area contributed by atoms with Crippen molar-refractivity contribution in [1.29, 1.82) is 0 Å². The third-order valence-electron chi connectivity index (χ3n) is 2.95. The normalized spacial score (nSPS) is 10.7. The topological polar surface area (TPSA) is 12.0 Å². The van der Waals surface area contributed by atoms with E-state index < -0.39 is 0 Å². The van der Waals surface area contributed by atoms with Crippen molar-refractivity contribution in [2.45, 2.75) is 30.2 Å². The fraction of sp³-hybridized carbons (Fsp3) is 0.250. The molecule has 2 aromatic carbocycles. The molecule has 0 aromatic heterocycles. The van der Waals surface area contributed by atoms with Crippen LogP contribution >= 0.6 is 11.8 Å². The molecular formula is C16H18FNS. The van der Waals surface area contributed by atoms with Crippen LogP contribution in [0.25, 0.3) is 0 Å². The lowest BCUT2D eigenvalue weighted by molar-refractivity contribution is 0.621. The number of benzene rings is 2. The molecule has 3 heteroatoms. The van der Waals surface area contributed by atoms with Crippen LogP contribution < -0.4 is 5.32 Å². The second kappa shape index (κ2) is 6.22. The Labute approximate surface area is 118 Å². The number of hydrogen-bond donors (Lipinski definition) is 1. The molecule has 0 amide bonds. The largest absolute Gasteiger partial charge is 0.316 e. The molecule has 0 heterocycles. The van der Waals surface area contributed by atoms with E-state index in [-0.39, 0.29) is 5.82 Å². The van der Waals surface area contributed by atoms with Gasteiger partial charge in [-0.25, -0.2) is 4.39 Å². The van der Waals surface area contributed by atoms with Gasteiger partial charge < -0.3 is 5.32 Å². The van der Waals surface area contributed by atoms with Gasteiger partial charge in [-0.1, -0.05) is 23.9 Å². The summed E-state index contributed by atoms with van der Waals surface area (Å²) in [6.07, 6.45) is 0. The third kappa shape index (κ3) is 3.58. The minimum absolute atomic E-state index is 0.185. The molecule has 2 aromatic rings. The van der Waals surface area contributed by atoms with E-state index in [2.05, 4.69) is 37.4 Å². The van der Waals surface area contributed by atoms with Gasteiger partial charge in [0.2, 0.25) is 0 Å². The molecule has 0 spiro atoms. The van der Waals surface area contributed by atoms with Crippen molar-refractivity contribution in [1.82, 2.24) is 5.32 Å². The Balaban J connectivity index is 2.34. The average Bonchev–Trinajstić information content (AvgIpc) is 2.37. The molecule has 0 saturated carbocycles. The van der Waals surface area contributed by atoms with E-state index in [1.54, 1.807) is 17.8 Å². The summed E-state index contributed by atoms with van der Waals surface area (Å²) in [5, 5.41) is 3.08. The zero-order valence-corrected chi connectivity index (χ0v) is 12.3. The van der Waals surface area contributed by atoms with E-state index in [1.807, 2.05) is 13.1 Å². The highest BCUT2D eigenvalue weighted by atomic mass is 32.2. The van der Waals surface area contributed by atoms with E-state index in [0.29, 0.717) is 6.54 Å². The Morgan fingerprint density at radius 3 is 2.58 bits per heavy atom. The van der Waals surface area contributed by atoms with Gasteiger partial charge in [-0.2, -0.15) is 0 Å². The van der Waals surface area contributed by atoms with Crippen molar-refractivity contribution >= 4 is 11.8 Å². The Morgan fingerprint density at radius 2 is 1.84 bits per heavy atom. The van der Waals surface area contributed by atoms with Gasteiger partial charge in [0.15, 0.2) is 0 Å². The van der Waals surface area contributed by atoms with Crippen molar-refractivity contribution in [3.05, 3.63) is 58.9 Å². The summed E-state index contributed by atoms with van der Waals surface area (Å²) in [5.74, 6) is -0.185. The van der Waals surface area contributed by atoms with Gasteiger partial charge in [0.1, 0.15) is 5.82 Å². The van der Waals surface area contributed by atoms with Crippen LogP contribution in [0.15, 0.2) is 46.2 Å². The molecule has 1 N–H and O–H groups in total. The lowest BCUT2D eigenvalue weighted by Gasteiger charge is -2.11. The van der Waals surface area contributed by atoms with E-state index >= 15 is 0 Å². The number of nitrogens with one attached hydrogen (secondary N) is 1. The number of halogens is 1. The van der Waals surface area contributed by atoms with Crippen molar-refractivity contribution in [2.24, 2.45) is 0 Å². The molecule has 0 bridgehead atoms. The molecule has 0 saturated heterocycles. The van der Waals surface area contributed by atoms with Crippen LogP contribution in [-0.4, -0.2) is 7.05 Å². The molecule has 19 heavy (non-hydrogen) atoms. The van der Waals surface area contributed by atoms with E-state index in [4.69, 9.17) is 0 Å². The van der Waals surface area contributed by atoms with Crippen LogP contribution in [0.3, 0.4) is 0 Å². The van der Waals surface area contributed by atoms with Crippen molar-refractivity contribution < 1.29 is 4.39 Å². The number of hydrogen-bond acceptors (Lipinski definition) is 2. The molecule has 0 aliphatic rings. The van der Waals surface area contributed by atoms with Gasteiger partial charge in [0.05, 0.1) is 0 Å². The van der Waals surface area contributed by atoms with Gasteiger partial charge in [-0.15, -0.1) is 0 Å². The molecular weight excluding hydrogens is 257 g/mol. The predicted octanol–water partition coefficient (Wildman–Crippen LogP) is 4.31.